The Morgan fingerprint density at radius 2 is 1.60 bits per heavy atom. The van der Waals surface area contributed by atoms with Gasteiger partial charge in [-0.05, 0) is 31.2 Å². The third kappa shape index (κ3) is 3.88. The highest BCUT2D eigenvalue weighted by atomic mass is 35.5. The lowest BCUT2D eigenvalue weighted by atomic mass is 10.2. The van der Waals surface area contributed by atoms with Crippen LogP contribution in [0.2, 0.25) is 5.15 Å². The molecular weight excluding hydrogens is 353 g/mol. The molecule has 3 rings (SSSR count). The molecule has 2 aromatic heterocycles. The molecule has 3 aromatic rings. The standard InChI is InChI=1S/C17H12ClF3N4/c1-10-2-4-12(5-3-10)23-16-13(17(19,20)21)14(18)24-15(25-16)11-6-8-22-9-7-11/h2-9H,1H3,(H,23,24,25). The van der Waals surface area contributed by atoms with Crippen LogP contribution in [-0.4, -0.2) is 15.0 Å². The summed E-state index contributed by atoms with van der Waals surface area (Å²) in [7, 11) is 0. The number of benzene rings is 1. The Labute approximate surface area is 146 Å². The SMILES string of the molecule is Cc1ccc(Nc2nc(-c3ccncc3)nc(Cl)c2C(F)(F)F)cc1. The van der Waals surface area contributed by atoms with Crippen molar-refractivity contribution in [2.75, 3.05) is 5.32 Å². The maximum atomic E-state index is 13.4. The van der Waals surface area contributed by atoms with Crippen molar-refractivity contribution < 1.29 is 13.2 Å². The van der Waals surface area contributed by atoms with E-state index in [1.165, 1.54) is 12.4 Å². The molecule has 1 N–H and O–H groups in total. The summed E-state index contributed by atoms with van der Waals surface area (Å²) in [6.07, 6.45) is -1.70. The zero-order valence-corrected chi connectivity index (χ0v) is 13.7. The van der Waals surface area contributed by atoms with Gasteiger partial charge in [0, 0.05) is 23.6 Å². The molecule has 0 unspecified atom stereocenters. The predicted octanol–water partition coefficient (Wildman–Crippen LogP) is 5.26. The molecule has 0 saturated heterocycles. The van der Waals surface area contributed by atoms with Crippen LogP contribution in [-0.2, 0) is 6.18 Å². The molecule has 25 heavy (non-hydrogen) atoms. The van der Waals surface area contributed by atoms with Crippen LogP contribution in [0.25, 0.3) is 11.4 Å². The van der Waals surface area contributed by atoms with Gasteiger partial charge in [0.1, 0.15) is 16.5 Å². The fourth-order valence-corrected chi connectivity index (χ4v) is 2.46. The number of aryl methyl sites for hydroxylation is 1. The second-order valence-corrected chi connectivity index (χ2v) is 5.64. The highest BCUT2D eigenvalue weighted by Gasteiger charge is 2.38. The Morgan fingerprint density at radius 1 is 0.960 bits per heavy atom. The van der Waals surface area contributed by atoms with Crippen molar-refractivity contribution in [2.45, 2.75) is 13.1 Å². The van der Waals surface area contributed by atoms with E-state index in [0.717, 1.165) is 5.56 Å². The monoisotopic (exact) mass is 364 g/mol. The Hall–Kier alpha value is -2.67. The lowest BCUT2D eigenvalue weighted by Gasteiger charge is -2.16. The summed E-state index contributed by atoms with van der Waals surface area (Å²) in [5, 5.41) is 2.02. The highest BCUT2D eigenvalue weighted by Crippen LogP contribution is 2.40. The maximum absolute atomic E-state index is 13.4. The third-order valence-corrected chi connectivity index (χ3v) is 3.67. The average molecular weight is 365 g/mol. The van der Waals surface area contributed by atoms with Gasteiger partial charge in [-0.1, -0.05) is 29.3 Å². The summed E-state index contributed by atoms with van der Waals surface area (Å²) in [6, 6.07) is 10.1. The molecule has 2 heterocycles. The minimum Gasteiger partial charge on any atom is -0.340 e. The van der Waals surface area contributed by atoms with Crippen LogP contribution in [0.5, 0.6) is 0 Å². The Morgan fingerprint density at radius 3 is 2.20 bits per heavy atom. The van der Waals surface area contributed by atoms with E-state index in [-0.39, 0.29) is 5.82 Å². The second kappa shape index (κ2) is 6.68. The number of halogens is 4. The highest BCUT2D eigenvalue weighted by molar-refractivity contribution is 6.30. The van der Waals surface area contributed by atoms with Crippen molar-refractivity contribution in [1.29, 1.82) is 0 Å². The number of nitrogens with one attached hydrogen (secondary N) is 1. The van der Waals surface area contributed by atoms with Gasteiger partial charge in [-0.25, -0.2) is 9.97 Å². The fraction of sp³-hybridized carbons (Fsp3) is 0.118. The maximum Gasteiger partial charge on any atom is 0.422 e. The Balaban J connectivity index is 2.12. The first-order valence-electron chi connectivity index (χ1n) is 7.23. The van der Waals surface area contributed by atoms with Crippen molar-refractivity contribution in [3.8, 4) is 11.4 Å². The van der Waals surface area contributed by atoms with Crippen molar-refractivity contribution in [1.82, 2.24) is 15.0 Å². The molecule has 0 amide bonds. The van der Waals surface area contributed by atoms with Gasteiger partial charge in [0.2, 0.25) is 0 Å². The molecule has 0 radical (unpaired) electrons. The average Bonchev–Trinajstić information content (AvgIpc) is 2.56. The Kier molecular flexibility index (Phi) is 4.59. The molecule has 1 aromatic carbocycles. The molecule has 0 saturated carbocycles. The van der Waals surface area contributed by atoms with E-state index in [1.807, 2.05) is 6.92 Å². The third-order valence-electron chi connectivity index (χ3n) is 3.40. The second-order valence-electron chi connectivity index (χ2n) is 5.29. The zero-order valence-electron chi connectivity index (χ0n) is 13.0. The summed E-state index contributed by atoms with van der Waals surface area (Å²) >= 11 is 5.83. The lowest BCUT2D eigenvalue weighted by Crippen LogP contribution is -2.13. The fourth-order valence-electron chi connectivity index (χ4n) is 2.18. The molecule has 0 aliphatic rings. The lowest BCUT2D eigenvalue weighted by molar-refractivity contribution is -0.137. The minimum absolute atomic E-state index is 0.0787. The van der Waals surface area contributed by atoms with Crippen LogP contribution < -0.4 is 5.32 Å². The molecule has 0 atom stereocenters. The first-order chi connectivity index (χ1) is 11.8. The number of aromatic nitrogens is 3. The van der Waals surface area contributed by atoms with Gasteiger partial charge >= 0.3 is 6.18 Å². The summed E-state index contributed by atoms with van der Waals surface area (Å²) in [4.78, 5) is 11.7. The number of alkyl halides is 3. The predicted molar refractivity (Wildman–Crippen MR) is 89.7 cm³/mol. The van der Waals surface area contributed by atoms with Gasteiger partial charge in [0.25, 0.3) is 0 Å². The summed E-state index contributed by atoms with van der Waals surface area (Å²) in [5.74, 6) is -0.321. The quantitative estimate of drug-likeness (QED) is 0.644. The van der Waals surface area contributed by atoms with Gasteiger partial charge in [0.05, 0.1) is 0 Å². The molecule has 4 nitrogen and oxygen atoms in total. The first kappa shape index (κ1) is 17.2. The molecule has 8 heteroatoms. The van der Waals surface area contributed by atoms with Gasteiger partial charge in [-0.2, -0.15) is 13.2 Å². The number of hydrogen-bond acceptors (Lipinski definition) is 4. The van der Waals surface area contributed by atoms with Crippen LogP contribution in [0.4, 0.5) is 24.7 Å². The van der Waals surface area contributed by atoms with Crippen LogP contribution in [0.3, 0.4) is 0 Å². The molecule has 0 fully saturated rings. The van der Waals surface area contributed by atoms with Crippen molar-refractivity contribution in [2.24, 2.45) is 0 Å². The summed E-state index contributed by atoms with van der Waals surface area (Å²) in [6.45, 7) is 1.88. The van der Waals surface area contributed by atoms with E-state index in [2.05, 4.69) is 20.3 Å². The van der Waals surface area contributed by atoms with Crippen LogP contribution >= 0.6 is 11.6 Å². The van der Waals surface area contributed by atoms with Crippen LogP contribution in [0.1, 0.15) is 11.1 Å². The van der Waals surface area contributed by atoms with Crippen LogP contribution in [0.15, 0.2) is 48.8 Å². The number of hydrogen-bond donors (Lipinski definition) is 1. The number of rotatable bonds is 3. The zero-order chi connectivity index (χ0) is 18.0. The topological polar surface area (TPSA) is 50.7 Å². The van der Waals surface area contributed by atoms with E-state index in [4.69, 9.17) is 11.6 Å². The normalized spacial score (nSPS) is 11.4. The van der Waals surface area contributed by atoms with Crippen molar-refractivity contribution >= 4 is 23.1 Å². The summed E-state index contributed by atoms with van der Waals surface area (Å²) < 4.78 is 40.2. The van der Waals surface area contributed by atoms with Crippen molar-refractivity contribution in [3.63, 3.8) is 0 Å². The molecule has 0 aliphatic carbocycles. The molecule has 0 aliphatic heterocycles. The van der Waals surface area contributed by atoms with E-state index < -0.39 is 22.7 Å². The molecule has 0 spiro atoms. The number of pyridine rings is 1. The smallest absolute Gasteiger partial charge is 0.340 e. The Bertz CT molecular complexity index is 881. The van der Waals surface area contributed by atoms with E-state index in [0.29, 0.717) is 11.3 Å². The molecule has 128 valence electrons. The number of anilines is 2. The van der Waals surface area contributed by atoms with Crippen LogP contribution in [0, 0.1) is 6.92 Å². The minimum atomic E-state index is -4.69. The van der Waals surface area contributed by atoms with Gasteiger partial charge in [0.15, 0.2) is 5.82 Å². The van der Waals surface area contributed by atoms with Gasteiger partial charge in [-0.15, -0.1) is 0 Å². The number of nitrogens with zero attached hydrogens (tertiary/aromatic N) is 3. The van der Waals surface area contributed by atoms with Gasteiger partial charge in [-0.3, -0.25) is 4.98 Å². The van der Waals surface area contributed by atoms with E-state index in [1.54, 1.807) is 36.4 Å². The summed E-state index contributed by atoms with van der Waals surface area (Å²) in [5.41, 5.74) is 0.858. The van der Waals surface area contributed by atoms with Crippen molar-refractivity contribution in [3.05, 3.63) is 65.1 Å². The van der Waals surface area contributed by atoms with Gasteiger partial charge < -0.3 is 5.32 Å². The van der Waals surface area contributed by atoms with E-state index in [9.17, 15) is 13.2 Å². The van der Waals surface area contributed by atoms with E-state index >= 15 is 0 Å². The first-order valence-corrected chi connectivity index (χ1v) is 7.61. The molecular formula is C17H12ClF3N4. The molecule has 0 bridgehead atoms. The largest absolute Gasteiger partial charge is 0.422 e.